The van der Waals surface area contributed by atoms with E-state index >= 15 is 0 Å². The summed E-state index contributed by atoms with van der Waals surface area (Å²) in [5.41, 5.74) is 5.76. The lowest BCUT2D eigenvalue weighted by atomic mass is 10.1. The van der Waals surface area contributed by atoms with Crippen LogP contribution in [0.3, 0.4) is 0 Å². The van der Waals surface area contributed by atoms with Crippen LogP contribution in [0.1, 0.15) is 17.3 Å². The second-order valence-electron chi connectivity index (χ2n) is 3.97. The summed E-state index contributed by atoms with van der Waals surface area (Å²) < 4.78 is 0. The molecule has 0 aliphatic heterocycles. The maximum Gasteiger partial charge on any atom is 0.255 e. The molecule has 1 unspecified atom stereocenters. The molecule has 0 aliphatic carbocycles. The first-order valence-corrected chi connectivity index (χ1v) is 5.19. The van der Waals surface area contributed by atoms with Gasteiger partial charge in [0.05, 0.1) is 5.56 Å². The molecule has 0 spiro atoms. The number of aromatic nitrogens is 1. The minimum atomic E-state index is -0.213. The predicted octanol–water partition coefficient (Wildman–Crippen LogP) is 0.0417. The average Bonchev–Trinajstić information content (AvgIpc) is 2.28. The molecule has 1 atom stereocenters. The first-order valence-electron chi connectivity index (χ1n) is 5.19. The number of carbonyl (C=O) groups is 1. The first kappa shape index (κ1) is 12.4. The van der Waals surface area contributed by atoms with Gasteiger partial charge in [0.25, 0.3) is 5.91 Å². The Balaban J connectivity index is 2.70. The highest BCUT2D eigenvalue weighted by molar-refractivity contribution is 5.93. The van der Waals surface area contributed by atoms with Crippen molar-refractivity contribution in [2.75, 3.05) is 20.1 Å². The Morgan fingerprint density at radius 1 is 1.56 bits per heavy atom. The normalized spacial score (nSPS) is 12.2. The molecule has 1 aromatic heterocycles. The Kier molecular flexibility index (Phi) is 4.25. The lowest BCUT2D eigenvalue weighted by Gasteiger charge is -2.20. The third-order valence-electron chi connectivity index (χ3n) is 2.37. The van der Waals surface area contributed by atoms with Crippen LogP contribution in [0.25, 0.3) is 0 Å². The van der Waals surface area contributed by atoms with Crippen molar-refractivity contribution in [3.05, 3.63) is 34.2 Å². The maximum atomic E-state index is 11.9. The van der Waals surface area contributed by atoms with Crippen LogP contribution in [-0.4, -0.2) is 35.9 Å². The number of pyridine rings is 1. The zero-order valence-corrected chi connectivity index (χ0v) is 9.56. The second kappa shape index (κ2) is 5.46. The van der Waals surface area contributed by atoms with Crippen LogP contribution in [0.5, 0.6) is 0 Å². The van der Waals surface area contributed by atoms with Gasteiger partial charge in [-0.3, -0.25) is 9.59 Å². The van der Waals surface area contributed by atoms with Gasteiger partial charge in [0.1, 0.15) is 0 Å². The summed E-state index contributed by atoms with van der Waals surface area (Å²) >= 11 is 0. The van der Waals surface area contributed by atoms with Gasteiger partial charge < -0.3 is 15.6 Å². The Morgan fingerprint density at radius 3 is 2.75 bits per heavy atom. The summed E-state index contributed by atoms with van der Waals surface area (Å²) in [5.74, 6) is 0.147. The van der Waals surface area contributed by atoms with Crippen LogP contribution in [0, 0.1) is 5.92 Å². The molecule has 1 rings (SSSR count). The molecule has 5 nitrogen and oxygen atoms in total. The van der Waals surface area contributed by atoms with Crippen LogP contribution in [0.4, 0.5) is 0 Å². The summed E-state index contributed by atoms with van der Waals surface area (Å²) in [5, 5.41) is 0. The Labute approximate surface area is 94.3 Å². The van der Waals surface area contributed by atoms with Crippen molar-refractivity contribution in [3.8, 4) is 0 Å². The predicted molar refractivity (Wildman–Crippen MR) is 62.2 cm³/mol. The van der Waals surface area contributed by atoms with Crippen molar-refractivity contribution < 1.29 is 4.79 Å². The number of rotatable bonds is 4. The van der Waals surface area contributed by atoms with Crippen LogP contribution in [-0.2, 0) is 0 Å². The number of amides is 1. The van der Waals surface area contributed by atoms with Crippen molar-refractivity contribution in [2.45, 2.75) is 6.92 Å². The number of carbonyl (C=O) groups excluding carboxylic acids is 1. The topological polar surface area (TPSA) is 79.2 Å². The highest BCUT2D eigenvalue weighted by Gasteiger charge is 2.13. The van der Waals surface area contributed by atoms with Gasteiger partial charge in [-0.05, 0) is 18.5 Å². The van der Waals surface area contributed by atoms with Crippen LogP contribution >= 0.6 is 0 Å². The minimum absolute atomic E-state index is 0.114. The summed E-state index contributed by atoms with van der Waals surface area (Å²) in [6, 6.07) is 2.86. The molecule has 0 radical (unpaired) electrons. The van der Waals surface area contributed by atoms with E-state index < -0.39 is 0 Å². The van der Waals surface area contributed by atoms with Gasteiger partial charge in [0.2, 0.25) is 5.56 Å². The van der Waals surface area contributed by atoms with Crippen molar-refractivity contribution in [1.82, 2.24) is 9.88 Å². The summed E-state index contributed by atoms with van der Waals surface area (Å²) in [6.45, 7) is 3.13. The van der Waals surface area contributed by atoms with E-state index in [0.29, 0.717) is 18.7 Å². The van der Waals surface area contributed by atoms with Crippen LogP contribution in [0.2, 0.25) is 0 Å². The van der Waals surface area contributed by atoms with E-state index in [-0.39, 0.29) is 17.4 Å². The zero-order chi connectivity index (χ0) is 12.1. The van der Waals surface area contributed by atoms with Gasteiger partial charge in [-0.25, -0.2) is 0 Å². The number of H-pyrrole nitrogens is 1. The van der Waals surface area contributed by atoms with Crippen molar-refractivity contribution in [2.24, 2.45) is 11.7 Å². The minimum Gasteiger partial charge on any atom is -0.341 e. The van der Waals surface area contributed by atoms with E-state index in [1.165, 1.54) is 18.3 Å². The summed E-state index contributed by atoms with van der Waals surface area (Å²) in [4.78, 5) is 26.8. The molecule has 88 valence electrons. The van der Waals surface area contributed by atoms with E-state index in [4.69, 9.17) is 5.73 Å². The second-order valence-corrected chi connectivity index (χ2v) is 3.97. The fraction of sp³-hybridized carbons (Fsp3) is 0.455. The molecule has 3 N–H and O–H groups in total. The fourth-order valence-corrected chi connectivity index (χ4v) is 1.39. The molecule has 16 heavy (non-hydrogen) atoms. The number of nitrogens with one attached hydrogen (secondary N) is 1. The maximum absolute atomic E-state index is 11.9. The van der Waals surface area contributed by atoms with Gasteiger partial charge in [-0.15, -0.1) is 0 Å². The van der Waals surface area contributed by atoms with Crippen molar-refractivity contribution >= 4 is 5.91 Å². The van der Waals surface area contributed by atoms with Gasteiger partial charge in [0.15, 0.2) is 0 Å². The Hall–Kier alpha value is -1.62. The van der Waals surface area contributed by atoms with Crippen LogP contribution < -0.4 is 11.3 Å². The third-order valence-corrected chi connectivity index (χ3v) is 2.37. The average molecular weight is 223 g/mol. The molecule has 5 heteroatoms. The quantitative estimate of drug-likeness (QED) is 0.756. The molecule has 1 aromatic rings. The van der Waals surface area contributed by atoms with E-state index in [2.05, 4.69) is 4.98 Å². The molecule has 0 aliphatic rings. The summed E-state index contributed by atoms with van der Waals surface area (Å²) in [7, 11) is 1.72. The van der Waals surface area contributed by atoms with E-state index in [0.717, 1.165) is 0 Å². The Bertz CT molecular complexity index is 393. The molecule has 0 fully saturated rings. The largest absolute Gasteiger partial charge is 0.341 e. The van der Waals surface area contributed by atoms with E-state index in [1.807, 2.05) is 6.92 Å². The van der Waals surface area contributed by atoms with E-state index in [9.17, 15) is 9.59 Å². The Morgan fingerprint density at radius 2 is 2.25 bits per heavy atom. The van der Waals surface area contributed by atoms with Gasteiger partial charge in [-0.2, -0.15) is 0 Å². The lowest BCUT2D eigenvalue weighted by molar-refractivity contribution is 0.0777. The fourth-order valence-electron chi connectivity index (χ4n) is 1.39. The van der Waals surface area contributed by atoms with Gasteiger partial charge >= 0.3 is 0 Å². The highest BCUT2D eigenvalue weighted by atomic mass is 16.2. The zero-order valence-electron chi connectivity index (χ0n) is 9.56. The number of nitrogens with zero attached hydrogens (tertiary/aromatic N) is 1. The number of nitrogens with two attached hydrogens (primary N) is 1. The first-order chi connectivity index (χ1) is 7.54. The van der Waals surface area contributed by atoms with Crippen molar-refractivity contribution in [1.29, 1.82) is 0 Å². The lowest BCUT2D eigenvalue weighted by Crippen LogP contribution is -2.33. The third kappa shape index (κ3) is 3.20. The standard InChI is InChI=1S/C11H17N3O2/c1-8(5-12)7-14(2)11(16)9-3-4-10(15)13-6-9/h3-4,6,8H,5,7,12H2,1-2H3,(H,13,15). The molecule has 0 saturated carbocycles. The monoisotopic (exact) mass is 223 g/mol. The molecular weight excluding hydrogens is 206 g/mol. The van der Waals surface area contributed by atoms with Gasteiger partial charge in [0, 0.05) is 25.9 Å². The SMILES string of the molecule is CC(CN)CN(C)C(=O)c1ccc(=O)[nH]c1. The number of hydrogen-bond acceptors (Lipinski definition) is 3. The molecule has 0 aromatic carbocycles. The molecule has 0 bridgehead atoms. The number of hydrogen-bond donors (Lipinski definition) is 2. The highest BCUT2D eigenvalue weighted by Crippen LogP contribution is 2.02. The number of aromatic amines is 1. The molecule has 1 amide bonds. The van der Waals surface area contributed by atoms with E-state index in [1.54, 1.807) is 11.9 Å². The van der Waals surface area contributed by atoms with Crippen LogP contribution in [0.15, 0.2) is 23.1 Å². The van der Waals surface area contributed by atoms with Crippen molar-refractivity contribution in [3.63, 3.8) is 0 Å². The molecular formula is C11H17N3O2. The summed E-state index contributed by atoms with van der Waals surface area (Å²) in [6.07, 6.45) is 1.42. The molecule has 1 heterocycles. The van der Waals surface area contributed by atoms with Gasteiger partial charge in [-0.1, -0.05) is 6.92 Å². The molecule has 0 saturated heterocycles. The smallest absolute Gasteiger partial charge is 0.255 e.